The van der Waals surface area contributed by atoms with Crippen molar-refractivity contribution in [3.63, 3.8) is 0 Å². The normalized spacial score (nSPS) is 12.0. The highest BCUT2D eigenvalue weighted by atomic mass is 15.0. The fourth-order valence-corrected chi connectivity index (χ4v) is 7.39. The van der Waals surface area contributed by atoms with E-state index >= 15 is 0 Å². The van der Waals surface area contributed by atoms with Gasteiger partial charge >= 0.3 is 0 Å². The van der Waals surface area contributed by atoms with Crippen molar-refractivity contribution < 1.29 is 0 Å². The van der Waals surface area contributed by atoms with Crippen LogP contribution in [0.4, 0.5) is 0 Å². The molecule has 45 heavy (non-hydrogen) atoms. The summed E-state index contributed by atoms with van der Waals surface area (Å²) in [7, 11) is 0. The fourth-order valence-electron chi connectivity index (χ4n) is 7.39. The molecular weight excluding hydrogens is 546 g/mol. The maximum atomic E-state index is 2.39. The molecule has 210 valence electrons. The first-order chi connectivity index (χ1) is 22.3. The van der Waals surface area contributed by atoms with Crippen molar-refractivity contribution in [2.75, 3.05) is 0 Å². The molecule has 3 aromatic heterocycles. The van der Waals surface area contributed by atoms with Crippen LogP contribution in [-0.4, -0.2) is 13.7 Å². The van der Waals surface area contributed by atoms with E-state index in [1.165, 1.54) is 71.0 Å². The summed E-state index contributed by atoms with van der Waals surface area (Å²) in [4.78, 5) is 0. The van der Waals surface area contributed by atoms with Gasteiger partial charge < -0.3 is 13.7 Å². The molecule has 0 saturated carbocycles. The van der Waals surface area contributed by atoms with Crippen LogP contribution in [0.1, 0.15) is 0 Å². The Kier molecular flexibility index (Phi) is 5.00. The average Bonchev–Trinajstić information content (AvgIpc) is 3.76. The van der Waals surface area contributed by atoms with Gasteiger partial charge in [0.15, 0.2) is 0 Å². The van der Waals surface area contributed by atoms with Crippen LogP contribution in [0, 0.1) is 0 Å². The largest absolute Gasteiger partial charge is 0.317 e. The van der Waals surface area contributed by atoms with Crippen LogP contribution >= 0.6 is 0 Å². The molecule has 0 bridgehead atoms. The SMILES string of the molecule is c1ccc(-n2c3ccccc3c3cc4cc5c(ccn5-c5ccc(-n6c7ccccc7c7ccccc76)cc5)cc4cc32)cc1. The van der Waals surface area contributed by atoms with Crippen molar-refractivity contribution in [2.24, 2.45) is 0 Å². The van der Waals surface area contributed by atoms with Crippen LogP contribution in [0.25, 0.3) is 82.3 Å². The molecule has 0 radical (unpaired) electrons. The second-order valence-electron chi connectivity index (χ2n) is 11.9. The van der Waals surface area contributed by atoms with Gasteiger partial charge in [-0.25, -0.2) is 0 Å². The highest BCUT2D eigenvalue weighted by Crippen LogP contribution is 2.37. The molecule has 10 rings (SSSR count). The lowest BCUT2D eigenvalue weighted by atomic mass is 10.0. The molecule has 3 nitrogen and oxygen atoms in total. The lowest BCUT2D eigenvalue weighted by molar-refractivity contribution is 1.11. The van der Waals surface area contributed by atoms with Gasteiger partial charge in [-0.3, -0.25) is 0 Å². The predicted octanol–water partition coefficient (Wildman–Crippen LogP) is 11.0. The molecule has 0 amide bonds. The number of fused-ring (bicyclic) bond motifs is 8. The molecule has 0 aliphatic rings. The molecule has 3 heterocycles. The van der Waals surface area contributed by atoms with Crippen molar-refractivity contribution in [1.29, 1.82) is 0 Å². The monoisotopic (exact) mass is 573 g/mol. The third-order valence-corrected chi connectivity index (χ3v) is 9.42. The number of para-hydroxylation sites is 4. The Morgan fingerprint density at radius 2 is 0.778 bits per heavy atom. The summed E-state index contributed by atoms with van der Waals surface area (Å²) in [6.45, 7) is 0. The van der Waals surface area contributed by atoms with Gasteiger partial charge in [-0.15, -0.1) is 0 Å². The van der Waals surface area contributed by atoms with Crippen LogP contribution in [0.2, 0.25) is 0 Å². The maximum absolute atomic E-state index is 2.39. The minimum Gasteiger partial charge on any atom is -0.317 e. The Morgan fingerprint density at radius 1 is 0.289 bits per heavy atom. The fraction of sp³-hybridized carbons (Fsp3) is 0. The van der Waals surface area contributed by atoms with E-state index in [0.717, 1.165) is 11.4 Å². The topological polar surface area (TPSA) is 14.8 Å². The summed E-state index contributed by atoms with van der Waals surface area (Å²) in [6.07, 6.45) is 2.19. The quantitative estimate of drug-likeness (QED) is 0.200. The van der Waals surface area contributed by atoms with E-state index in [-0.39, 0.29) is 0 Å². The third kappa shape index (κ3) is 3.52. The zero-order chi connectivity index (χ0) is 29.5. The second-order valence-corrected chi connectivity index (χ2v) is 11.9. The van der Waals surface area contributed by atoms with Crippen molar-refractivity contribution in [1.82, 2.24) is 13.7 Å². The minimum absolute atomic E-state index is 1.15. The molecule has 0 saturated heterocycles. The lowest BCUT2D eigenvalue weighted by Crippen LogP contribution is -1.96. The first-order valence-corrected chi connectivity index (χ1v) is 15.4. The molecule has 3 heteroatoms. The second kappa shape index (κ2) is 9.22. The number of rotatable bonds is 3. The maximum Gasteiger partial charge on any atom is 0.0547 e. The first kappa shape index (κ1) is 24.4. The van der Waals surface area contributed by atoms with Gasteiger partial charge in [0, 0.05) is 50.2 Å². The standard InChI is InChI=1S/C42H27N3/c1-2-10-32(11-3-1)45-40-17-9-6-14-36(40)37-25-30-26-41-28(24-29(30)27-42(37)45)22-23-43(41)31-18-20-33(21-19-31)44-38-15-7-4-12-34(38)35-13-5-8-16-39(35)44/h1-27H. The van der Waals surface area contributed by atoms with E-state index in [2.05, 4.69) is 178 Å². The number of nitrogens with zero attached hydrogens (tertiary/aromatic N) is 3. The minimum atomic E-state index is 1.15. The number of hydrogen-bond donors (Lipinski definition) is 0. The Balaban J connectivity index is 1.13. The van der Waals surface area contributed by atoms with Crippen LogP contribution in [0.5, 0.6) is 0 Å². The van der Waals surface area contributed by atoms with Crippen molar-refractivity contribution >= 4 is 65.3 Å². The van der Waals surface area contributed by atoms with E-state index in [1.54, 1.807) is 0 Å². The van der Waals surface area contributed by atoms with E-state index in [1.807, 2.05) is 0 Å². The first-order valence-electron chi connectivity index (χ1n) is 15.4. The molecular formula is C42H27N3. The molecule has 0 atom stereocenters. The molecule has 0 aliphatic carbocycles. The number of aromatic nitrogens is 3. The van der Waals surface area contributed by atoms with Gasteiger partial charge in [-0.05, 0) is 95.7 Å². The Hall–Kier alpha value is -6.06. The summed E-state index contributed by atoms with van der Waals surface area (Å²) in [5.41, 5.74) is 9.61. The van der Waals surface area contributed by atoms with Gasteiger partial charge in [0.2, 0.25) is 0 Å². The van der Waals surface area contributed by atoms with Crippen molar-refractivity contribution in [2.45, 2.75) is 0 Å². The van der Waals surface area contributed by atoms with E-state index in [0.29, 0.717) is 0 Å². The van der Waals surface area contributed by atoms with Gasteiger partial charge in [-0.1, -0.05) is 72.8 Å². The summed E-state index contributed by atoms with van der Waals surface area (Å²) in [5, 5.41) is 8.82. The molecule has 0 spiro atoms. The zero-order valence-corrected chi connectivity index (χ0v) is 24.4. The summed E-state index contributed by atoms with van der Waals surface area (Å²) >= 11 is 0. The molecule has 10 aromatic rings. The molecule has 0 unspecified atom stereocenters. The lowest BCUT2D eigenvalue weighted by Gasteiger charge is -2.11. The van der Waals surface area contributed by atoms with Gasteiger partial charge in [-0.2, -0.15) is 0 Å². The Morgan fingerprint density at radius 3 is 1.44 bits per heavy atom. The van der Waals surface area contributed by atoms with Crippen molar-refractivity contribution in [3.8, 4) is 17.1 Å². The Labute approximate surface area is 259 Å². The highest BCUT2D eigenvalue weighted by molar-refractivity contribution is 6.15. The number of hydrogen-bond acceptors (Lipinski definition) is 0. The van der Waals surface area contributed by atoms with Crippen LogP contribution in [0.15, 0.2) is 164 Å². The van der Waals surface area contributed by atoms with E-state index < -0.39 is 0 Å². The summed E-state index contributed by atoms with van der Waals surface area (Å²) in [5.74, 6) is 0. The predicted molar refractivity (Wildman–Crippen MR) is 189 cm³/mol. The van der Waals surface area contributed by atoms with E-state index in [4.69, 9.17) is 0 Å². The van der Waals surface area contributed by atoms with E-state index in [9.17, 15) is 0 Å². The average molecular weight is 574 g/mol. The number of benzene rings is 7. The molecule has 7 aromatic carbocycles. The molecule has 0 fully saturated rings. The molecule has 0 aliphatic heterocycles. The van der Waals surface area contributed by atoms with Gasteiger partial charge in [0.1, 0.15) is 0 Å². The van der Waals surface area contributed by atoms with Crippen molar-refractivity contribution in [3.05, 3.63) is 164 Å². The molecule has 0 N–H and O–H groups in total. The van der Waals surface area contributed by atoms with Crippen LogP contribution in [-0.2, 0) is 0 Å². The highest BCUT2D eigenvalue weighted by Gasteiger charge is 2.15. The van der Waals surface area contributed by atoms with Gasteiger partial charge in [0.25, 0.3) is 0 Å². The van der Waals surface area contributed by atoms with Gasteiger partial charge in [0.05, 0.1) is 27.6 Å². The third-order valence-electron chi connectivity index (χ3n) is 9.42. The summed E-state index contributed by atoms with van der Waals surface area (Å²) in [6, 6.07) is 57.3. The smallest absolute Gasteiger partial charge is 0.0547 e. The summed E-state index contributed by atoms with van der Waals surface area (Å²) < 4.78 is 7.06. The van der Waals surface area contributed by atoms with Crippen LogP contribution < -0.4 is 0 Å². The zero-order valence-electron chi connectivity index (χ0n) is 24.4. The van der Waals surface area contributed by atoms with Crippen LogP contribution in [0.3, 0.4) is 0 Å². The Bertz CT molecular complexity index is 2690.